The second-order valence-electron chi connectivity index (χ2n) is 7.65. The quantitative estimate of drug-likeness (QED) is 0.491. The number of unbranched alkanes of at least 4 members (excludes halogenated alkanes) is 2. The molecule has 0 aliphatic carbocycles. The highest BCUT2D eigenvalue weighted by Crippen LogP contribution is 2.21. The molecule has 0 saturated heterocycles. The number of carbonyl (C=O) groups is 1. The van der Waals surface area contributed by atoms with Crippen LogP contribution >= 0.6 is 0 Å². The summed E-state index contributed by atoms with van der Waals surface area (Å²) >= 11 is 0. The monoisotopic (exact) mass is 272 g/mol. The van der Waals surface area contributed by atoms with Crippen molar-refractivity contribution in [2.75, 3.05) is 19.8 Å². The zero-order valence-electron chi connectivity index (χ0n) is 13.7. The van der Waals surface area contributed by atoms with E-state index in [1.54, 1.807) is 0 Å². The Morgan fingerprint density at radius 3 is 2.05 bits per heavy atom. The van der Waals surface area contributed by atoms with Crippen molar-refractivity contribution in [3.8, 4) is 0 Å². The molecule has 0 unspecified atom stereocenters. The van der Waals surface area contributed by atoms with Crippen molar-refractivity contribution in [1.29, 1.82) is 0 Å². The average Bonchev–Trinajstić information content (AvgIpc) is 2.19. The molecule has 0 radical (unpaired) electrons. The molecule has 0 aliphatic rings. The van der Waals surface area contributed by atoms with E-state index in [2.05, 4.69) is 41.5 Å². The Morgan fingerprint density at radius 1 is 0.895 bits per heavy atom. The highest BCUT2D eigenvalue weighted by Gasteiger charge is 2.12. The van der Waals surface area contributed by atoms with Gasteiger partial charge in [-0.2, -0.15) is 0 Å². The Bertz CT molecular complexity index is 246. The molecule has 0 rings (SSSR count). The molecule has 0 aromatic heterocycles. The molecule has 19 heavy (non-hydrogen) atoms. The van der Waals surface area contributed by atoms with E-state index in [9.17, 15) is 4.79 Å². The Kier molecular flexibility index (Phi) is 8.31. The van der Waals surface area contributed by atoms with Crippen LogP contribution in [0.2, 0.25) is 0 Å². The van der Waals surface area contributed by atoms with Crippen LogP contribution in [0.5, 0.6) is 0 Å². The van der Waals surface area contributed by atoms with Crippen molar-refractivity contribution < 1.29 is 14.3 Å². The molecular weight excluding hydrogens is 240 g/mol. The first-order chi connectivity index (χ1) is 8.60. The van der Waals surface area contributed by atoms with Crippen LogP contribution < -0.4 is 0 Å². The molecular formula is C16H32O3. The zero-order chi connectivity index (χ0) is 14.9. The molecule has 0 aliphatic heterocycles. The fraction of sp³-hybridized carbons (Fsp3) is 0.938. The molecule has 0 heterocycles. The first-order valence-electron chi connectivity index (χ1n) is 7.33. The Balaban J connectivity index is 3.40. The van der Waals surface area contributed by atoms with Gasteiger partial charge in [-0.25, -0.2) is 4.79 Å². The molecule has 0 atom stereocenters. The molecule has 0 spiro atoms. The SMILES string of the molecule is CC(C)(C)CCCCCOC(=O)COCC(C)(C)C. The van der Waals surface area contributed by atoms with E-state index in [4.69, 9.17) is 9.47 Å². The summed E-state index contributed by atoms with van der Waals surface area (Å²) in [5, 5.41) is 0. The van der Waals surface area contributed by atoms with Crippen LogP contribution in [0.4, 0.5) is 0 Å². The van der Waals surface area contributed by atoms with Crippen molar-refractivity contribution in [2.45, 2.75) is 67.2 Å². The van der Waals surface area contributed by atoms with Gasteiger partial charge >= 0.3 is 5.97 Å². The van der Waals surface area contributed by atoms with Gasteiger partial charge in [0, 0.05) is 0 Å². The molecule has 0 amide bonds. The lowest BCUT2D eigenvalue weighted by Gasteiger charge is -2.18. The highest BCUT2D eigenvalue weighted by atomic mass is 16.6. The minimum Gasteiger partial charge on any atom is -0.464 e. The van der Waals surface area contributed by atoms with Crippen molar-refractivity contribution in [2.24, 2.45) is 10.8 Å². The summed E-state index contributed by atoms with van der Waals surface area (Å²) in [6.45, 7) is 14.1. The van der Waals surface area contributed by atoms with Gasteiger partial charge in [0.15, 0.2) is 0 Å². The van der Waals surface area contributed by atoms with Crippen molar-refractivity contribution in [1.82, 2.24) is 0 Å². The fourth-order valence-electron chi connectivity index (χ4n) is 1.60. The molecule has 0 bridgehead atoms. The van der Waals surface area contributed by atoms with Crippen LogP contribution in [-0.4, -0.2) is 25.8 Å². The van der Waals surface area contributed by atoms with Gasteiger partial charge in [-0.05, 0) is 23.7 Å². The molecule has 0 fully saturated rings. The third-order valence-corrected chi connectivity index (χ3v) is 2.59. The number of ether oxygens (including phenoxy) is 2. The predicted molar refractivity (Wildman–Crippen MR) is 79.2 cm³/mol. The van der Waals surface area contributed by atoms with Crippen LogP contribution in [0.1, 0.15) is 67.2 Å². The lowest BCUT2D eigenvalue weighted by Crippen LogP contribution is -2.20. The van der Waals surface area contributed by atoms with Crippen LogP contribution in [0.15, 0.2) is 0 Å². The van der Waals surface area contributed by atoms with Gasteiger partial charge in [-0.15, -0.1) is 0 Å². The number of esters is 1. The van der Waals surface area contributed by atoms with Gasteiger partial charge in [-0.3, -0.25) is 0 Å². The van der Waals surface area contributed by atoms with Gasteiger partial charge in [0.2, 0.25) is 0 Å². The van der Waals surface area contributed by atoms with Crippen LogP contribution in [0, 0.1) is 10.8 Å². The van der Waals surface area contributed by atoms with Crippen molar-refractivity contribution >= 4 is 5.97 Å². The van der Waals surface area contributed by atoms with E-state index in [1.807, 2.05) is 0 Å². The second kappa shape index (κ2) is 8.57. The zero-order valence-corrected chi connectivity index (χ0v) is 13.7. The van der Waals surface area contributed by atoms with Gasteiger partial charge in [0.05, 0.1) is 13.2 Å². The van der Waals surface area contributed by atoms with Crippen LogP contribution in [-0.2, 0) is 14.3 Å². The van der Waals surface area contributed by atoms with Gasteiger partial charge in [-0.1, -0.05) is 54.4 Å². The normalized spacial score (nSPS) is 12.5. The third-order valence-electron chi connectivity index (χ3n) is 2.59. The van der Waals surface area contributed by atoms with Gasteiger partial charge in [0.25, 0.3) is 0 Å². The summed E-state index contributed by atoms with van der Waals surface area (Å²) in [6.07, 6.45) is 4.48. The first-order valence-corrected chi connectivity index (χ1v) is 7.33. The molecule has 3 heteroatoms. The van der Waals surface area contributed by atoms with Crippen molar-refractivity contribution in [3.05, 3.63) is 0 Å². The van der Waals surface area contributed by atoms with Crippen LogP contribution in [0.3, 0.4) is 0 Å². The predicted octanol–water partition coefficient (Wildman–Crippen LogP) is 4.20. The molecule has 0 aromatic carbocycles. The van der Waals surface area contributed by atoms with Crippen LogP contribution in [0.25, 0.3) is 0 Å². The summed E-state index contributed by atoms with van der Waals surface area (Å²) in [7, 11) is 0. The van der Waals surface area contributed by atoms with E-state index in [1.165, 1.54) is 12.8 Å². The highest BCUT2D eigenvalue weighted by molar-refractivity contribution is 5.70. The van der Waals surface area contributed by atoms with E-state index in [0.29, 0.717) is 18.6 Å². The lowest BCUT2D eigenvalue weighted by atomic mass is 9.89. The summed E-state index contributed by atoms with van der Waals surface area (Å²) in [4.78, 5) is 11.4. The fourth-order valence-corrected chi connectivity index (χ4v) is 1.60. The molecule has 0 aromatic rings. The van der Waals surface area contributed by atoms with E-state index in [0.717, 1.165) is 12.8 Å². The molecule has 0 N–H and O–H groups in total. The molecule has 114 valence electrons. The number of carbonyl (C=O) groups excluding carboxylic acids is 1. The van der Waals surface area contributed by atoms with E-state index >= 15 is 0 Å². The average molecular weight is 272 g/mol. The maximum atomic E-state index is 11.4. The van der Waals surface area contributed by atoms with Gasteiger partial charge < -0.3 is 9.47 Å². The summed E-state index contributed by atoms with van der Waals surface area (Å²) in [6, 6.07) is 0. The summed E-state index contributed by atoms with van der Waals surface area (Å²) in [5.41, 5.74) is 0.491. The third kappa shape index (κ3) is 15.4. The Morgan fingerprint density at radius 2 is 1.53 bits per heavy atom. The van der Waals surface area contributed by atoms with E-state index < -0.39 is 0 Å². The number of hydrogen-bond donors (Lipinski definition) is 0. The number of hydrogen-bond acceptors (Lipinski definition) is 3. The molecule has 3 nitrogen and oxygen atoms in total. The topological polar surface area (TPSA) is 35.5 Å². The second-order valence-corrected chi connectivity index (χ2v) is 7.65. The molecule has 0 saturated carbocycles. The Labute approximate surface area is 119 Å². The first kappa shape index (κ1) is 18.4. The largest absolute Gasteiger partial charge is 0.464 e. The summed E-state index contributed by atoms with van der Waals surface area (Å²) < 4.78 is 10.4. The van der Waals surface area contributed by atoms with Gasteiger partial charge in [0.1, 0.15) is 6.61 Å². The maximum Gasteiger partial charge on any atom is 0.332 e. The maximum absolute atomic E-state index is 11.4. The smallest absolute Gasteiger partial charge is 0.332 e. The number of rotatable bonds is 8. The lowest BCUT2D eigenvalue weighted by molar-refractivity contribution is -0.150. The Hall–Kier alpha value is -0.570. The van der Waals surface area contributed by atoms with Crippen molar-refractivity contribution in [3.63, 3.8) is 0 Å². The minimum absolute atomic E-state index is 0.0687. The summed E-state index contributed by atoms with van der Waals surface area (Å²) in [5.74, 6) is -0.250. The van der Waals surface area contributed by atoms with E-state index in [-0.39, 0.29) is 18.0 Å². The standard InChI is InChI=1S/C16H32O3/c1-15(2,3)10-8-7-9-11-19-14(17)12-18-13-16(4,5)6/h7-13H2,1-6H3. The minimum atomic E-state index is -0.250.